The molecule has 0 unspecified atom stereocenters. The number of rotatable bonds is 12. The van der Waals surface area contributed by atoms with Gasteiger partial charge < -0.3 is 9.84 Å². The van der Waals surface area contributed by atoms with E-state index in [1.54, 1.807) is 24.3 Å². The molecular weight excluding hydrogens is 343 g/mol. The van der Waals surface area contributed by atoms with Crippen molar-refractivity contribution in [2.24, 2.45) is 0 Å². The Morgan fingerprint density at radius 1 is 0.926 bits per heavy atom. The quantitative estimate of drug-likeness (QED) is 0.421. The number of carboxylic acid groups (broad SMARTS) is 1. The van der Waals surface area contributed by atoms with Gasteiger partial charge in [-0.2, -0.15) is 0 Å². The Morgan fingerprint density at radius 2 is 1.56 bits per heavy atom. The molecule has 1 N–H and O–H groups in total. The third kappa shape index (κ3) is 7.05. The van der Waals surface area contributed by atoms with Crippen LogP contribution in [0.5, 0.6) is 5.75 Å². The second-order valence-electron chi connectivity index (χ2n) is 6.85. The molecule has 0 saturated carbocycles. The van der Waals surface area contributed by atoms with Gasteiger partial charge in [0, 0.05) is 11.6 Å². The zero-order chi connectivity index (χ0) is 19.5. The highest BCUT2D eigenvalue weighted by molar-refractivity contribution is 5.88. The van der Waals surface area contributed by atoms with Gasteiger partial charge in [0.05, 0.1) is 12.2 Å². The third-order valence-electron chi connectivity index (χ3n) is 4.65. The van der Waals surface area contributed by atoms with E-state index in [2.05, 4.69) is 6.92 Å². The van der Waals surface area contributed by atoms with Crippen LogP contribution in [0.3, 0.4) is 0 Å². The van der Waals surface area contributed by atoms with Crippen LogP contribution < -0.4 is 4.74 Å². The van der Waals surface area contributed by atoms with Crippen molar-refractivity contribution in [3.05, 3.63) is 53.8 Å². The topological polar surface area (TPSA) is 46.5 Å². The number of halogens is 1. The molecular formula is C23H29FO3. The molecule has 0 saturated heterocycles. The van der Waals surface area contributed by atoms with Crippen LogP contribution in [0.1, 0.15) is 68.6 Å². The molecule has 0 aliphatic carbocycles. The van der Waals surface area contributed by atoms with Crippen molar-refractivity contribution in [3.8, 4) is 16.9 Å². The molecule has 0 aliphatic heterocycles. The van der Waals surface area contributed by atoms with Gasteiger partial charge in [-0.3, -0.25) is 0 Å². The predicted octanol–water partition coefficient (Wildman–Crippen LogP) is 6.71. The number of hydrogen-bond acceptors (Lipinski definition) is 2. The number of unbranched alkanes of at least 4 members (excludes halogenated alkanes) is 7. The molecule has 2 aromatic rings. The monoisotopic (exact) mass is 372 g/mol. The highest BCUT2D eigenvalue weighted by atomic mass is 19.1. The molecule has 3 nitrogen and oxygen atoms in total. The van der Waals surface area contributed by atoms with E-state index in [0.717, 1.165) is 12.8 Å². The van der Waals surface area contributed by atoms with E-state index in [1.165, 1.54) is 56.7 Å². The minimum Gasteiger partial charge on any atom is -0.493 e. The molecule has 0 heterocycles. The Morgan fingerprint density at radius 3 is 2.15 bits per heavy atom. The van der Waals surface area contributed by atoms with Gasteiger partial charge in [-0.25, -0.2) is 9.18 Å². The van der Waals surface area contributed by atoms with Crippen LogP contribution in [0.25, 0.3) is 11.1 Å². The first-order chi connectivity index (χ1) is 13.1. The maximum atomic E-state index is 14.4. The zero-order valence-corrected chi connectivity index (χ0v) is 16.0. The molecule has 0 spiro atoms. The van der Waals surface area contributed by atoms with Crippen molar-refractivity contribution < 1.29 is 19.0 Å². The first-order valence-electron chi connectivity index (χ1n) is 9.88. The Bertz CT molecular complexity index is 710. The summed E-state index contributed by atoms with van der Waals surface area (Å²) in [6.45, 7) is 2.82. The molecule has 2 aromatic carbocycles. The number of ether oxygens (including phenoxy) is 1. The van der Waals surface area contributed by atoms with Gasteiger partial charge in [0.1, 0.15) is 11.6 Å². The lowest BCUT2D eigenvalue weighted by molar-refractivity contribution is 0.0697. The summed E-state index contributed by atoms with van der Waals surface area (Å²) >= 11 is 0. The lowest BCUT2D eigenvalue weighted by Crippen LogP contribution is -1.98. The zero-order valence-electron chi connectivity index (χ0n) is 16.0. The molecule has 27 heavy (non-hydrogen) atoms. The summed E-state index contributed by atoms with van der Waals surface area (Å²) in [5.74, 6) is -0.834. The molecule has 0 amide bonds. The van der Waals surface area contributed by atoms with Crippen LogP contribution in [0.15, 0.2) is 42.5 Å². The van der Waals surface area contributed by atoms with E-state index in [9.17, 15) is 9.18 Å². The average molecular weight is 372 g/mol. The van der Waals surface area contributed by atoms with Crippen molar-refractivity contribution in [1.29, 1.82) is 0 Å². The molecule has 0 radical (unpaired) electrons. The molecule has 0 aromatic heterocycles. The molecule has 0 fully saturated rings. The molecule has 0 bridgehead atoms. The maximum Gasteiger partial charge on any atom is 0.335 e. The lowest BCUT2D eigenvalue weighted by Gasteiger charge is -2.09. The Hall–Kier alpha value is -2.36. The molecule has 0 atom stereocenters. The van der Waals surface area contributed by atoms with Gasteiger partial charge in [-0.05, 0) is 36.2 Å². The van der Waals surface area contributed by atoms with Crippen LogP contribution >= 0.6 is 0 Å². The van der Waals surface area contributed by atoms with Gasteiger partial charge in [0.15, 0.2) is 0 Å². The summed E-state index contributed by atoms with van der Waals surface area (Å²) in [5.41, 5.74) is 1.27. The van der Waals surface area contributed by atoms with Gasteiger partial charge in [-0.1, -0.05) is 64.0 Å². The highest BCUT2D eigenvalue weighted by Crippen LogP contribution is 2.26. The summed E-state index contributed by atoms with van der Waals surface area (Å²) in [7, 11) is 0. The van der Waals surface area contributed by atoms with E-state index in [-0.39, 0.29) is 11.4 Å². The van der Waals surface area contributed by atoms with Crippen molar-refractivity contribution in [3.63, 3.8) is 0 Å². The van der Waals surface area contributed by atoms with E-state index >= 15 is 0 Å². The average Bonchev–Trinajstić information content (AvgIpc) is 2.67. The number of hydrogen-bond donors (Lipinski definition) is 1. The predicted molar refractivity (Wildman–Crippen MR) is 107 cm³/mol. The van der Waals surface area contributed by atoms with E-state index in [4.69, 9.17) is 9.84 Å². The largest absolute Gasteiger partial charge is 0.493 e. The Labute approximate surface area is 161 Å². The highest BCUT2D eigenvalue weighted by Gasteiger charge is 2.08. The van der Waals surface area contributed by atoms with Gasteiger partial charge in [-0.15, -0.1) is 0 Å². The summed E-state index contributed by atoms with van der Waals surface area (Å²) in [5, 5.41) is 8.93. The molecule has 0 aliphatic rings. The third-order valence-corrected chi connectivity index (χ3v) is 4.65. The smallest absolute Gasteiger partial charge is 0.335 e. The second-order valence-corrected chi connectivity index (χ2v) is 6.85. The van der Waals surface area contributed by atoms with Crippen LogP contribution in [-0.4, -0.2) is 17.7 Å². The fourth-order valence-electron chi connectivity index (χ4n) is 3.04. The van der Waals surface area contributed by atoms with Gasteiger partial charge >= 0.3 is 5.97 Å². The first kappa shape index (κ1) is 20.9. The maximum absolute atomic E-state index is 14.4. The minimum absolute atomic E-state index is 0.185. The van der Waals surface area contributed by atoms with Crippen LogP contribution in [0.2, 0.25) is 0 Å². The Balaban J connectivity index is 1.76. The van der Waals surface area contributed by atoms with Crippen molar-refractivity contribution in [2.75, 3.05) is 6.61 Å². The second kappa shape index (κ2) is 11.4. The summed E-state index contributed by atoms with van der Waals surface area (Å²) in [4.78, 5) is 10.9. The lowest BCUT2D eigenvalue weighted by atomic mass is 10.0. The Kier molecular flexibility index (Phi) is 8.82. The van der Waals surface area contributed by atoms with Crippen LogP contribution in [0.4, 0.5) is 4.39 Å². The standard InChI is InChI=1S/C23H29FO3/c1-2-3-4-5-6-7-8-9-16-27-20-14-15-21(22(24)17-20)18-10-12-19(13-11-18)23(25)26/h10-15,17H,2-9,16H2,1H3,(H,25,26). The van der Waals surface area contributed by atoms with Crippen molar-refractivity contribution in [1.82, 2.24) is 0 Å². The van der Waals surface area contributed by atoms with Crippen LogP contribution in [0, 0.1) is 5.82 Å². The normalized spacial score (nSPS) is 10.7. The van der Waals surface area contributed by atoms with Gasteiger partial charge in [0.25, 0.3) is 0 Å². The summed E-state index contributed by atoms with van der Waals surface area (Å²) < 4.78 is 20.0. The van der Waals surface area contributed by atoms with E-state index in [1.807, 2.05) is 0 Å². The fourth-order valence-corrected chi connectivity index (χ4v) is 3.04. The number of carboxylic acids is 1. The molecule has 146 valence electrons. The van der Waals surface area contributed by atoms with Crippen molar-refractivity contribution >= 4 is 5.97 Å². The minimum atomic E-state index is -0.994. The first-order valence-corrected chi connectivity index (χ1v) is 9.88. The summed E-state index contributed by atoms with van der Waals surface area (Å²) in [6, 6.07) is 11.0. The van der Waals surface area contributed by atoms with Gasteiger partial charge in [0.2, 0.25) is 0 Å². The number of carbonyl (C=O) groups is 1. The summed E-state index contributed by atoms with van der Waals surface area (Å²) in [6.07, 6.45) is 9.88. The van der Waals surface area contributed by atoms with Crippen molar-refractivity contribution in [2.45, 2.75) is 58.3 Å². The van der Waals surface area contributed by atoms with E-state index < -0.39 is 5.97 Å². The fraction of sp³-hybridized carbons (Fsp3) is 0.435. The number of benzene rings is 2. The van der Waals surface area contributed by atoms with E-state index in [0.29, 0.717) is 23.5 Å². The molecule has 4 heteroatoms. The molecule has 2 rings (SSSR count). The SMILES string of the molecule is CCCCCCCCCCOc1ccc(-c2ccc(C(=O)O)cc2)c(F)c1. The van der Waals surface area contributed by atoms with Crippen LogP contribution in [-0.2, 0) is 0 Å². The number of aromatic carboxylic acids is 1.